The van der Waals surface area contributed by atoms with Crippen molar-refractivity contribution in [3.8, 4) is 0 Å². The van der Waals surface area contributed by atoms with Crippen LogP contribution in [0, 0.1) is 11.8 Å². The van der Waals surface area contributed by atoms with Crippen LogP contribution in [0.4, 0.5) is 0 Å². The van der Waals surface area contributed by atoms with Crippen molar-refractivity contribution in [2.45, 2.75) is 26.7 Å². The molecule has 0 saturated carbocycles. The third kappa shape index (κ3) is 8.19. The van der Waals surface area contributed by atoms with E-state index in [1.165, 1.54) is 0 Å². The Bertz CT molecular complexity index is 231. The Labute approximate surface area is 95.1 Å². The molecule has 0 aliphatic carbocycles. The van der Waals surface area contributed by atoms with Crippen LogP contribution in [-0.4, -0.2) is 30.1 Å². The van der Waals surface area contributed by atoms with Crippen LogP contribution in [0.15, 0.2) is 0 Å². The van der Waals surface area contributed by atoms with Gasteiger partial charge in [-0.05, 0) is 24.8 Å². The van der Waals surface area contributed by atoms with E-state index in [1.807, 2.05) is 0 Å². The van der Waals surface area contributed by atoms with E-state index in [-0.39, 0.29) is 18.2 Å². The van der Waals surface area contributed by atoms with Crippen LogP contribution in [0.25, 0.3) is 0 Å². The van der Waals surface area contributed by atoms with Crippen molar-refractivity contribution in [1.29, 1.82) is 0 Å². The van der Waals surface area contributed by atoms with Crippen LogP contribution >= 0.6 is 0 Å². The van der Waals surface area contributed by atoms with Crippen molar-refractivity contribution >= 4 is 11.9 Å². The van der Waals surface area contributed by atoms with Crippen molar-refractivity contribution in [2.75, 3.05) is 13.2 Å². The first-order chi connectivity index (χ1) is 7.45. The summed E-state index contributed by atoms with van der Waals surface area (Å²) >= 11 is 0. The van der Waals surface area contributed by atoms with Crippen LogP contribution in [-0.2, 0) is 14.4 Å². The minimum absolute atomic E-state index is 0.105. The van der Waals surface area contributed by atoms with Crippen LogP contribution in [0.3, 0.4) is 0 Å². The second-order valence-corrected chi connectivity index (χ2v) is 4.14. The van der Waals surface area contributed by atoms with E-state index in [2.05, 4.69) is 24.2 Å². The molecule has 0 rings (SSSR count). The van der Waals surface area contributed by atoms with Crippen molar-refractivity contribution in [3.63, 3.8) is 0 Å². The summed E-state index contributed by atoms with van der Waals surface area (Å²) in [5.74, 6) is -0.884. The van der Waals surface area contributed by atoms with Gasteiger partial charge in [0.05, 0.1) is 0 Å². The summed E-state index contributed by atoms with van der Waals surface area (Å²) in [7, 11) is 0. The van der Waals surface area contributed by atoms with Crippen LogP contribution in [0.5, 0.6) is 0 Å². The van der Waals surface area contributed by atoms with Crippen molar-refractivity contribution in [2.24, 2.45) is 17.6 Å². The van der Waals surface area contributed by atoms with Gasteiger partial charge in [-0.25, -0.2) is 10.3 Å². The van der Waals surface area contributed by atoms with Crippen LogP contribution in [0.1, 0.15) is 26.7 Å². The predicted molar refractivity (Wildman–Crippen MR) is 58.3 cm³/mol. The fourth-order valence-corrected chi connectivity index (χ4v) is 1.41. The van der Waals surface area contributed by atoms with Crippen LogP contribution < -0.4 is 11.2 Å². The molecule has 6 heteroatoms. The molecule has 0 fully saturated rings. The molecule has 16 heavy (non-hydrogen) atoms. The molecule has 0 aliphatic rings. The first-order valence-electron chi connectivity index (χ1n) is 5.28. The molecule has 0 aromatic carbocycles. The largest absolute Gasteiger partial charge is 0.479 e. The minimum atomic E-state index is -1.13. The highest BCUT2D eigenvalue weighted by molar-refractivity contribution is 5.75. The SMILES string of the molecule is CC(C)CC(CN)CC(=O)NOCC(=O)O. The van der Waals surface area contributed by atoms with Crippen LogP contribution in [0.2, 0.25) is 0 Å². The summed E-state index contributed by atoms with van der Waals surface area (Å²) in [5, 5.41) is 8.28. The third-order valence-electron chi connectivity index (χ3n) is 1.99. The quantitative estimate of drug-likeness (QED) is 0.516. The van der Waals surface area contributed by atoms with Gasteiger partial charge in [-0.2, -0.15) is 0 Å². The van der Waals surface area contributed by atoms with Crippen molar-refractivity contribution < 1.29 is 19.5 Å². The van der Waals surface area contributed by atoms with Crippen molar-refractivity contribution in [3.05, 3.63) is 0 Å². The van der Waals surface area contributed by atoms with Gasteiger partial charge in [0.1, 0.15) is 0 Å². The second kappa shape index (κ2) is 8.06. The molecule has 6 nitrogen and oxygen atoms in total. The zero-order chi connectivity index (χ0) is 12.6. The molecule has 1 unspecified atom stereocenters. The third-order valence-corrected chi connectivity index (χ3v) is 1.99. The van der Waals surface area contributed by atoms with Crippen molar-refractivity contribution in [1.82, 2.24) is 5.48 Å². The number of amides is 1. The summed E-state index contributed by atoms with van der Waals surface area (Å²) in [6.45, 7) is 4.01. The molecule has 0 aromatic rings. The number of carboxylic acid groups (broad SMARTS) is 1. The molecule has 1 amide bonds. The smallest absolute Gasteiger partial charge is 0.332 e. The Morgan fingerprint density at radius 2 is 2.06 bits per heavy atom. The topological polar surface area (TPSA) is 102 Å². The Morgan fingerprint density at radius 1 is 1.44 bits per heavy atom. The van der Waals surface area contributed by atoms with Gasteiger partial charge in [0, 0.05) is 6.42 Å². The lowest BCUT2D eigenvalue weighted by atomic mass is 9.94. The van der Waals surface area contributed by atoms with Gasteiger partial charge in [-0.1, -0.05) is 13.8 Å². The number of hydroxylamine groups is 1. The number of rotatable bonds is 8. The molecule has 0 bridgehead atoms. The average molecular weight is 232 g/mol. The number of nitrogens with one attached hydrogen (secondary N) is 1. The number of hydrogen-bond donors (Lipinski definition) is 3. The molecule has 4 N–H and O–H groups in total. The monoisotopic (exact) mass is 232 g/mol. The zero-order valence-corrected chi connectivity index (χ0v) is 9.73. The van der Waals surface area contributed by atoms with Gasteiger partial charge in [-0.15, -0.1) is 0 Å². The summed E-state index contributed by atoms with van der Waals surface area (Å²) in [4.78, 5) is 25.9. The highest BCUT2D eigenvalue weighted by Crippen LogP contribution is 2.13. The number of aliphatic carboxylic acids is 1. The highest BCUT2D eigenvalue weighted by atomic mass is 16.7. The maximum atomic E-state index is 11.3. The van der Waals surface area contributed by atoms with Gasteiger partial charge >= 0.3 is 5.97 Å². The Balaban J connectivity index is 3.78. The number of nitrogens with two attached hydrogens (primary N) is 1. The minimum Gasteiger partial charge on any atom is -0.479 e. The van der Waals surface area contributed by atoms with Gasteiger partial charge in [-0.3, -0.25) is 9.63 Å². The number of carbonyl (C=O) groups is 2. The number of carbonyl (C=O) groups excluding carboxylic acids is 1. The maximum absolute atomic E-state index is 11.3. The molecule has 0 saturated heterocycles. The van der Waals surface area contributed by atoms with Gasteiger partial charge in [0.15, 0.2) is 6.61 Å². The fourth-order valence-electron chi connectivity index (χ4n) is 1.41. The highest BCUT2D eigenvalue weighted by Gasteiger charge is 2.14. The molecule has 94 valence electrons. The first kappa shape index (κ1) is 14.9. The molecule has 0 heterocycles. The summed E-state index contributed by atoms with van der Waals surface area (Å²) in [6.07, 6.45) is 1.12. The number of hydrogen-bond acceptors (Lipinski definition) is 4. The molecular formula is C10H20N2O4. The normalized spacial score (nSPS) is 12.5. The van der Waals surface area contributed by atoms with E-state index < -0.39 is 12.6 Å². The fraction of sp³-hybridized carbons (Fsp3) is 0.800. The predicted octanol–water partition coefficient (Wildman–Crippen LogP) is 0.130. The molecule has 1 atom stereocenters. The van der Waals surface area contributed by atoms with E-state index in [9.17, 15) is 9.59 Å². The standard InChI is InChI=1S/C10H20N2O4/c1-7(2)3-8(5-11)4-9(13)12-16-6-10(14)15/h7-8H,3-6,11H2,1-2H3,(H,12,13)(H,14,15). The molecule has 0 radical (unpaired) electrons. The summed E-state index contributed by atoms with van der Waals surface area (Å²) in [6, 6.07) is 0. The Morgan fingerprint density at radius 3 is 2.50 bits per heavy atom. The zero-order valence-electron chi connectivity index (χ0n) is 9.73. The first-order valence-corrected chi connectivity index (χ1v) is 5.28. The average Bonchev–Trinajstić information content (AvgIpc) is 2.15. The maximum Gasteiger partial charge on any atom is 0.332 e. The number of carboxylic acids is 1. The van der Waals surface area contributed by atoms with E-state index in [4.69, 9.17) is 10.8 Å². The van der Waals surface area contributed by atoms with Gasteiger partial charge in [0.2, 0.25) is 5.91 Å². The van der Waals surface area contributed by atoms with E-state index in [0.29, 0.717) is 12.5 Å². The second-order valence-electron chi connectivity index (χ2n) is 4.14. The lowest BCUT2D eigenvalue weighted by molar-refractivity contribution is -0.149. The lowest BCUT2D eigenvalue weighted by Crippen LogP contribution is -2.30. The molecule has 0 aliphatic heterocycles. The molecule has 0 spiro atoms. The Hall–Kier alpha value is -1.14. The molecular weight excluding hydrogens is 212 g/mol. The van der Waals surface area contributed by atoms with E-state index >= 15 is 0 Å². The van der Waals surface area contributed by atoms with Gasteiger partial charge < -0.3 is 10.8 Å². The molecule has 0 aromatic heterocycles. The summed E-state index contributed by atoms with van der Waals surface area (Å²) in [5.41, 5.74) is 7.61. The summed E-state index contributed by atoms with van der Waals surface area (Å²) < 4.78 is 0. The lowest BCUT2D eigenvalue weighted by Gasteiger charge is -2.16. The van der Waals surface area contributed by atoms with E-state index in [1.54, 1.807) is 0 Å². The van der Waals surface area contributed by atoms with E-state index in [0.717, 1.165) is 6.42 Å². The van der Waals surface area contributed by atoms with Gasteiger partial charge in [0.25, 0.3) is 0 Å². The Kier molecular flexibility index (Phi) is 7.49.